The monoisotopic (exact) mass is 501 g/mol. The van der Waals surface area contributed by atoms with E-state index in [0.717, 1.165) is 50.3 Å². The molecule has 0 atom stereocenters. The molecule has 2 aliphatic rings. The molecule has 1 amide bonds. The summed E-state index contributed by atoms with van der Waals surface area (Å²) in [7, 11) is 1.40. The first-order valence-corrected chi connectivity index (χ1v) is 12.6. The van der Waals surface area contributed by atoms with E-state index in [2.05, 4.69) is 17.0 Å². The second kappa shape index (κ2) is 11.7. The third-order valence-corrected chi connectivity index (χ3v) is 7.27. The Morgan fingerprint density at radius 1 is 1.06 bits per heavy atom. The number of likely N-dealkylation sites (tertiary alicyclic amines) is 2. The summed E-state index contributed by atoms with van der Waals surface area (Å²) in [5.41, 5.74) is 1.26. The van der Waals surface area contributed by atoms with Crippen molar-refractivity contribution in [2.45, 2.75) is 44.1 Å². The lowest BCUT2D eigenvalue weighted by atomic mass is 9.89. The number of hydrogen-bond acceptors (Lipinski definition) is 6. The topological polar surface area (TPSA) is 85.2 Å². The predicted molar refractivity (Wildman–Crippen MR) is 134 cm³/mol. The van der Waals surface area contributed by atoms with Gasteiger partial charge in [0.25, 0.3) is 0 Å². The number of methoxy groups -OCH3 is 1. The number of benzene rings is 2. The van der Waals surface area contributed by atoms with Crippen LogP contribution in [0, 0.1) is 10.1 Å². The van der Waals surface area contributed by atoms with E-state index in [1.54, 1.807) is 12.1 Å². The highest BCUT2D eigenvalue weighted by molar-refractivity contribution is 6.30. The quantitative estimate of drug-likeness (QED) is 0.378. The molecule has 0 bridgehead atoms. The van der Waals surface area contributed by atoms with Crippen molar-refractivity contribution in [2.75, 3.05) is 39.8 Å². The third kappa shape index (κ3) is 6.64. The Morgan fingerprint density at radius 3 is 2.37 bits per heavy atom. The zero-order valence-corrected chi connectivity index (χ0v) is 20.8. The largest absolute Gasteiger partial charge is 0.490 e. The fraction of sp³-hybridized carbons (Fsp3) is 0.500. The molecule has 4 rings (SSSR count). The molecular formula is C26H32ClN3O5. The Kier molecular flexibility index (Phi) is 8.46. The van der Waals surface area contributed by atoms with E-state index in [1.807, 2.05) is 17.0 Å². The lowest BCUT2D eigenvalue weighted by Gasteiger charge is -2.34. The average Bonchev–Trinajstić information content (AvgIpc) is 2.88. The lowest BCUT2D eigenvalue weighted by Crippen LogP contribution is -2.43. The molecule has 2 heterocycles. The first-order valence-electron chi connectivity index (χ1n) is 12.2. The van der Waals surface area contributed by atoms with Crippen LogP contribution in [-0.4, -0.2) is 66.6 Å². The maximum absolute atomic E-state index is 12.8. The predicted octanol–water partition coefficient (Wildman–Crippen LogP) is 4.90. The van der Waals surface area contributed by atoms with Crippen LogP contribution in [-0.2, 0) is 4.79 Å². The van der Waals surface area contributed by atoms with Gasteiger partial charge in [0, 0.05) is 56.1 Å². The first-order chi connectivity index (χ1) is 16.9. The van der Waals surface area contributed by atoms with Crippen LogP contribution >= 0.6 is 11.6 Å². The summed E-state index contributed by atoms with van der Waals surface area (Å²) in [6, 6.07) is 12.7. The van der Waals surface area contributed by atoms with Crippen LogP contribution in [0.1, 0.15) is 43.6 Å². The SMILES string of the molecule is COc1cc(OC2CCN(C(=O)CCN3CCC(c4ccc(Cl)cc4)CC3)CC2)ccc1[N+](=O)[O-]. The van der Waals surface area contributed by atoms with Gasteiger partial charge < -0.3 is 19.3 Å². The van der Waals surface area contributed by atoms with Gasteiger partial charge in [-0.3, -0.25) is 14.9 Å². The maximum Gasteiger partial charge on any atom is 0.311 e. The number of hydrogen-bond donors (Lipinski definition) is 0. The van der Waals surface area contributed by atoms with E-state index in [1.165, 1.54) is 18.7 Å². The van der Waals surface area contributed by atoms with Crippen LogP contribution in [0.5, 0.6) is 11.5 Å². The smallest absolute Gasteiger partial charge is 0.311 e. The van der Waals surface area contributed by atoms with E-state index in [9.17, 15) is 14.9 Å². The van der Waals surface area contributed by atoms with Crippen LogP contribution < -0.4 is 9.47 Å². The normalized spacial score (nSPS) is 17.8. The molecule has 0 saturated carbocycles. The maximum atomic E-state index is 12.8. The van der Waals surface area contributed by atoms with Gasteiger partial charge in [-0.25, -0.2) is 0 Å². The van der Waals surface area contributed by atoms with Crippen molar-refractivity contribution in [3.8, 4) is 11.5 Å². The van der Waals surface area contributed by atoms with Crippen molar-refractivity contribution >= 4 is 23.2 Å². The van der Waals surface area contributed by atoms with E-state index in [-0.39, 0.29) is 23.4 Å². The minimum Gasteiger partial charge on any atom is -0.490 e. The van der Waals surface area contributed by atoms with Crippen LogP contribution in [0.3, 0.4) is 0 Å². The number of carbonyl (C=O) groups excluding carboxylic acids is 1. The molecule has 2 fully saturated rings. The van der Waals surface area contributed by atoms with Crippen molar-refractivity contribution in [3.63, 3.8) is 0 Å². The van der Waals surface area contributed by atoms with E-state index in [0.29, 0.717) is 31.2 Å². The summed E-state index contributed by atoms with van der Waals surface area (Å²) < 4.78 is 11.1. The molecule has 2 aromatic carbocycles. The third-order valence-electron chi connectivity index (χ3n) is 7.02. The Morgan fingerprint density at radius 2 is 1.74 bits per heavy atom. The van der Waals surface area contributed by atoms with E-state index < -0.39 is 4.92 Å². The van der Waals surface area contributed by atoms with Crippen molar-refractivity contribution in [3.05, 3.63) is 63.2 Å². The molecule has 2 aromatic rings. The summed E-state index contributed by atoms with van der Waals surface area (Å²) in [5, 5.41) is 11.8. The summed E-state index contributed by atoms with van der Waals surface area (Å²) >= 11 is 6.00. The molecule has 9 heteroatoms. The summed E-state index contributed by atoms with van der Waals surface area (Å²) in [6.07, 6.45) is 4.18. The number of rotatable bonds is 8. The second-order valence-corrected chi connectivity index (χ2v) is 9.64. The van der Waals surface area contributed by atoms with Gasteiger partial charge in [0.15, 0.2) is 0 Å². The molecule has 0 aromatic heterocycles. The standard InChI is InChI=1S/C26H32ClN3O5/c1-34-25-18-23(6-7-24(25)30(32)33)35-22-10-16-29(17-11-22)26(31)12-15-28-13-8-20(9-14-28)19-2-4-21(27)5-3-19/h2-7,18,20,22H,8-17H2,1H3. The Hall–Kier alpha value is -2.84. The number of nitrogens with zero attached hydrogens (tertiary/aromatic N) is 3. The number of carbonyl (C=O) groups is 1. The molecule has 35 heavy (non-hydrogen) atoms. The number of ether oxygens (including phenoxy) is 2. The molecule has 2 aliphatic heterocycles. The molecule has 188 valence electrons. The minimum absolute atomic E-state index is 0.0305. The Labute approximate surface area is 210 Å². The highest BCUT2D eigenvalue weighted by Gasteiger charge is 2.26. The molecule has 0 radical (unpaired) electrons. The number of nitro groups is 1. The zero-order valence-electron chi connectivity index (χ0n) is 20.0. The van der Waals surface area contributed by atoms with Gasteiger partial charge in [-0.1, -0.05) is 23.7 Å². The minimum atomic E-state index is -0.478. The van der Waals surface area contributed by atoms with Gasteiger partial charge in [0.2, 0.25) is 11.7 Å². The molecule has 0 spiro atoms. The first kappa shape index (κ1) is 25.3. The second-order valence-electron chi connectivity index (χ2n) is 9.21. The number of amides is 1. The highest BCUT2D eigenvalue weighted by atomic mass is 35.5. The van der Waals surface area contributed by atoms with Gasteiger partial charge in [0.05, 0.1) is 12.0 Å². The Bertz CT molecular complexity index is 1020. The lowest BCUT2D eigenvalue weighted by molar-refractivity contribution is -0.385. The molecule has 0 aliphatic carbocycles. The van der Waals surface area contributed by atoms with Crippen molar-refractivity contribution in [1.82, 2.24) is 9.80 Å². The molecular weight excluding hydrogens is 470 g/mol. The molecule has 2 saturated heterocycles. The fourth-order valence-electron chi connectivity index (χ4n) is 4.93. The van der Waals surface area contributed by atoms with Crippen molar-refractivity contribution < 1.29 is 19.2 Å². The number of piperidine rings is 2. The summed E-state index contributed by atoms with van der Waals surface area (Å²) in [5.74, 6) is 1.48. The van der Waals surface area contributed by atoms with Gasteiger partial charge in [-0.15, -0.1) is 0 Å². The highest BCUT2D eigenvalue weighted by Crippen LogP contribution is 2.32. The van der Waals surface area contributed by atoms with Crippen LogP contribution in [0.15, 0.2) is 42.5 Å². The zero-order chi connectivity index (χ0) is 24.8. The van der Waals surface area contributed by atoms with E-state index in [4.69, 9.17) is 21.1 Å². The van der Waals surface area contributed by atoms with Crippen LogP contribution in [0.2, 0.25) is 5.02 Å². The molecule has 0 unspecified atom stereocenters. The van der Waals surface area contributed by atoms with E-state index >= 15 is 0 Å². The molecule has 8 nitrogen and oxygen atoms in total. The van der Waals surface area contributed by atoms with Gasteiger partial charge in [-0.2, -0.15) is 0 Å². The summed E-state index contributed by atoms with van der Waals surface area (Å²) in [6.45, 7) is 4.13. The van der Waals surface area contributed by atoms with Crippen molar-refractivity contribution in [2.24, 2.45) is 0 Å². The number of halogens is 1. The van der Waals surface area contributed by atoms with Gasteiger partial charge in [-0.05, 0) is 55.6 Å². The van der Waals surface area contributed by atoms with Crippen LogP contribution in [0.4, 0.5) is 5.69 Å². The fourth-order valence-corrected chi connectivity index (χ4v) is 5.06. The molecule has 0 N–H and O–H groups in total. The number of nitro benzene ring substituents is 1. The van der Waals surface area contributed by atoms with Crippen molar-refractivity contribution in [1.29, 1.82) is 0 Å². The van der Waals surface area contributed by atoms with Gasteiger partial charge in [0.1, 0.15) is 11.9 Å². The van der Waals surface area contributed by atoms with Gasteiger partial charge >= 0.3 is 5.69 Å². The summed E-state index contributed by atoms with van der Waals surface area (Å²) in [4.78, 5) is 27.7. The van der Waals surface area contributed by atoms with Crippen LogP contribution in [0.25, 0.3) is 0 Å². The Balaban J connectivity index is 1.17. The average molecular weight is 502 g/mol.